The second kappa shape index (κ2) is 5.36. The predicted octanol–water partition coefficient (Wildman–Crippen LogP) is 2.39. The van der Waals surface area contributed by atoms with Crippen LogP contribution >= 0.6 is 0 Å². The lowest BCUT2D eigenvalue weighted by atomic mass is 10.1. The van der Waals surface area contributed by atoms with Crippen LogP contribution in [0, 0.1) is 0 Å². The number of alkyl halides is 3. The molecule has 0 aliphatic carbocycles. The van der Waals surface area contributed by atoms with Gasteiger partial charge < -0.3 is 9.84 Å². The molecule has 0 saturated carbocycles. The number of aliphatic hydroxyl groups excluding tert-OH is 1. The van der Waals surface area contributed by atoms with Crippen LogP contribution in [0.2, 0.25) is 0 Å². The van der Waals surface area contributed by atoms with Crippen LogP contribution in [-0.2, 0) is 18.0 Å². The molecule has 3 aromatic rings. The molecular weight excluding hydrogens is 313 g/mol. The van der Waals surface area contributed by atoms with Crippen molar-refractivity contribution in [1.82, 2.24) is 19.2 Å². The molecule has 23 heavy (non-hydrogen) atoms. The SMILES string of the molecule is COC(O)c1c(C(F)(F)F)c(-c2cccc3cncn23)nn1C. The molecule has 0 saturated heterocycles. The van der Waals surface area contributed by atoms with Crippen LogP contribution in [0.5, 0.6) is 0 Å². The summed E-state index contributed by atoms with van der Waals surface area (Å²) < 4.78 is 47.9. The lowest BCUT2D eigenvalue weighted by molar-refractivity contribution is -0.144. The van der Waals surface area contributed by atoms with E-state index in [2.05, 4.69) is 14.8 Å². The zero-order valence-corrected chi connectivity index (χ0v) is 12.2. The van der Waals surface area contributed by atoms with E-state index in [-0.39, 0.29) is 11.4 Å². The number of halogens is 3. The number of pyridine rings is 1. The molecule has 0 aliphatic rings. The van der Waals surface area contributed by atoms with Gasteiger partial charge in [-0.25, -0.2) is 4.98 Å². The van der Waals surface area contributed by atoms with E-state index in [9.17, 15) is 18.3 Å². The third-order valence-corrected chi connectivity index (χ3v) is 3.52. The summed E-state index contributed by atoms with van der Waals surface area (Å²) in [7, 11) is 2.44. The predicted molar refractivity (Wildman–Crippen MR) is 74.4 cm³/mol. The average Bonchev–Trinajstić information content (AvgIpc) is 3.09. The molecule has 122 valence electrons. The first-order valence-corrected chi connectivity index (χ1v) is 6.61. The van der Waals surface area contributed by atoms with Gasteiger partial charge in [0.1, 0.15) is 17.0 Å². The number of aromatic nitrogens is 4. The van der Waals surface area contributed by atoms with Gasteiger partial charge in [0.25, 0.3) is 0 Å². The third kappa shape index (κ3) is 2.47. The van der Waals surface area contributed by atoms with E-state index in [0.717, 1.165) is 11.8 Å². The topological polar surface area (TPSA) is 64.6 Å². The quantitative estimate of drug-likeness (QED) is 0.751. The molecule has 9 heteroatoms. The third-order valence-electron chi connectivity index (χ3n) is 3.52. The van der Waals surface area contributed by atoms with Gasteiger partial charge in [0.2, 0.25) is 0 Å². The normalized spacial score (nSPS) is 13.7. The standard InChI is InChI=1S/C14H13F3N4O2/c1-20-12(13(22)23-2)10(14(15,16)17)11(19-20)9-5-3-4-8-6-18-7-21(8)9/h3-7,13,22H,1-2H3. The monoisotopic (exact) mass is 326 g/mol. The van der Waals surface area contributed by atoms with Crippen molar-refractivity contribution in [2.75, 3.05) is 7.11 Å². The number of imidazole rings is 1. The Hall–Kier alpha value is -2.39. The highest BCUT2D eigenvalue weighted by Gasteiger charge is 2.42. The molecular formula is C14H13F3N4O2. The van der Waals surface area contributed by atoms with E-state index < -0.39 is 23.7 Å². The largest absolute Gasteiger partial charge is 0.420 e. The molecule has 0 aliphatic heterocycles. The van der Waals surface area contributed by atoms with Gasteiger partial charge in [0, 0.05) is 14.2 Å². The molecule has 3 aromatic heterocycles. The number of nitrogens with zero attached hydrogens (tertiary/aromatic N) is 4. The van der Waals surface area contributed by atoms with Crippen molar-refractivity contribution in [2.24, 2.45) is 7.05 Å². The first kappa shape index (κ1) is 15.5. The lowest BCUT2D eigenvalue weighted by Gasteiger charge is -2.14. The molecule has 3 rings (SSSR count). The van der Waals surface area contributed by atoms with Crippen molar-refractivity contribution >= 4 is 5.52 Å². The van der Waals surface area contributed by atoms with Crippen LogP contribution in [0.15, 0.2) is 30.7 Å². The summed E-state index contributed by atoms with van der Waals surface area (Å²) in [6.07, 6.45) is -3.50. The molecule has 0 spiro atoms. The summed E-state index contributed by atoms with van der Waals surface area (Å²) in [6, 6.07) is 4.85. The van der Waals surface area contributed by atoms with Crippen LogP contribution < -0.4 is 0 Å². The number of ether oxygens (including phenoxy) is 1. The molecule has 0 bridgehead atoms. The Kier molecular flexibility index (Phi) is 3.61. The first-order chi connectivity index (χ1) is 10.8. The Morgan fingerprint density at radius 3 is 2.70 bits per heavy atom. The second-order valence-electron chi connectivity index (χ2n) is 4.92. The Balaban J connectivity index is 2.34. The first-order valence-electron chi connectivity index (χ1n) is 6.61. The number of aryl methyl sites for hydroxylation is 1. The van der Waals surface area contributed by atoms with Gasteiger partial charge in [0.15, 0.2) is 6.29 Å². The minimum atomic E-state index is -4.71. The Morgan fingerprint density at radius 1 is 1.30 bits per heavy atom. The van der Waals surface area contributed by atoms with Gasteiger partial charge in [-0.2, -0.15) is 18.3 Å². The van der Waals surface area contributed by atoms with Gasteiger partial charge in [-0.15, -0.1) is 0 Å². The molecule has 1 N–H and O–H groups in total. The number of aliphatic hydroxyl groups is 1. The zero-order valence-electron chi connectivity index (χ0n) is 12.2. The van der Waals surface area contributed by atoms with Crippen LogP contribution in [0.4, 0.5) is 13.2 Å². The molecule has 1 unspecified atom stereocenters. The van der Waals surface area contributed by atoms with Crippen molar-refractivity contribution in [1.29, 1.82) is 0 Å². The zero-order chi connectivity index (χ0) is 16.8. The average molecular weight is 326 g/mol. The molecule has 0 amide bonds. The summed E-state index contributed by atoms with van der Waals surface area (Å²) in [5.74, 6) is 0. The van der Waals surface area contributed by atoms with Crippen molar-refractivity contribution in [3.05, 3.63) is 42.0 Å². The maximum absolute atomic E-state index is 13.6. The maximum Gasteiger partial charge on any atom is 0.420 e. The van der Waals surface area contributed by atoms with Crippen LogP contribution in [0.25, 0.3) is 16.9 Å². The van der Waals surface area contributed by atoms with Gasteiger partial charge in [-0.1, -0.05) is 6.07 Å². The number of fused-ring (bicyclic) bond motifs is 1. The minimum Gasteiger partial charge on any atom is -0.363 e. The fourth-order valence-electron chi connectivity index (χ4n) is 2.53. The molecule has 0 fully saturated rings. The summed E-state index contributed by atoms with van der Waals surface area (Å²) in [4.78, 5) is 3.93. The Labute approximate surface area is 128 Å². The van der Waals surface area contributed by atoms with Crippen LogP contribution in [-0.4, -0.2) is 31.4 Å². The maximum atomic E-state index is 13.6. The van der Waals surface area contributed by atoms with Crippen molar-refractivity contribution < 1.29 is 23.0 Å². The van der Waals surface area contributed by atoms with Crippen molar-refractivity contribution in [2.45, 2.75) is 12.5 Å². The van der Waals surface area contributed by atoms with Crippen molar-refractivity contribution in [3.8, 4) is 11.4 Å². The smallest absolute Gasteiger partial charge is 0.363 e. The minimum absolute atomic E-state index is 0.220. The summed E-state index contributed by atoms with van der Waals surface area (Å²) in [5, 5.41) is 13.7. The highest BCUT2D eigenvalue weighted by molar-refractivity contribution is 5.66. The highest BCUT2D eigenvalue weighted by atomic mass is 19.4. The van der Waals surface area contributed by atoms with Gasteiger partial charge in [-0.05, 0) is 12.1 Å². The molecule has 0 aromatic carbocycles. The molecule has 3 heterocycles. The van der Waals surface area contributed by atoms with Crippen LogP contribution in [0.1, 0.15) is 17.5 Å². The second-order valence-corrected chi connectivity index (χ2v) is 4.92. The number of methoxy groups -OCH3 is 1. The fourth-order valence-corrected chi connectivity index (χ4v) is 2.53. The van der Waals surface area contributed by atoms with E-state index in [1.807, 2.05) is 0 Å². The molecule has 1 atom stereocenters. The van der Waals surface area contributed by atoms with Gasteiger partial charge in [-0.3, -0.25) is 9.08 Å². The summed E-state index contributed by atoms with van der Waals surface area (Å²) >= 11 is 0. The fraction of sp³-hybridized carbons (Fsp3) is 0.286. The summed E-state index contributed by atoms with van der Waals surface area (Å²) in [6.45, 7) is 0. The van der Waals surface area contributed by atoms with Gasteiger partial charge in [0.05, 0.1) is 23.7 Å². The van der Waals surface area contributed by atoms with Crippen LogP contribution in [0.3, 0.4) is 0 Å². The van der Waals surface area contributed by atoms with E-state index in [1.54, 1.807) is 12.1 Å². The lowest BCUT2D eigenvalue weighted by Crippen LogP contribution is -2.15. The van der Waals surface area contributed by atoms with E-state index in [4.69, 9.17) is 0 Å². The van der Waals surface area contributed by atoms with Gasteiger partial charge >= 0.3 is 6.18 Å². The molecule has 6 nitrogen and oxygen atoms in total. The Morgan fingerprint density at radius 2 is 2.04 bits per heavy atom. The van der Waals surface area contributed by atoms with Crippen molar-refractivity contribution in [3.63, 3.8) is 0 Å². The van der Waals surface area contributed by atoms with E-state index in [1.165, 1.54) is 30.0 Å². The number of hydrogen-bond acceptors (Lipinski definition) is 4. The summed E-state index contributed by atoms with van der Waals surface area (Å²) in [5.41, 5.74) is -0.926. The molecule has 0 radical (unpaired) electrons. The number of hydrogen-bond donors (Lipinski definition) is 1. The van der Waals surface area contributed by atoms with E-state index >= 15 is 0 Å². The number of rotatable bonds is 3. The highest BCUT2D eigenvalue weighted by Crippen LogP contribution is 2.41. The van der Waals surface area contributed by atoms with E-state index in [0.29, 0.717) is 5.52 Å². The Bertz CT molecular complexity index is 853.